The average Bonchev–Trinajstić information content (AvgIpc) is 2.47. The lowest BCUT2D eigenvalue weighted by atomic mass is 10.1. The molecular formula is C16H15NO2. The molecule has 2 aromatic rings. The molecule has 0 fully saturated rings. The van der Waals surface area contributed by atoms with E-state index in [9.17, 15) is 4.79 Å². The van der Waals surface area contributed by atoms with Crippen LogP contribution in [-0.4, -0.2) is 12.7 Å². The smallest absolute Gasteiger partial charge is 0.240 e. The van der Waals surface area contributed by atoms with Crippen LogP contribution in [0.15, 0.2) is 59.6 Å². The van der Waals surface area contributed by atoms with Crippen molar-refractivity contribution in [1.29, 1.82) is 0 Å². The summed E-state index contributed by atoms with van der Waals surface area (Å²) in [5.74, 6) is 0.624. The fourth-order valence-electron chi connectivity index (χ4n) is 1.82. The first kappa shape index (κ1) is 13.1. The largest absolute Gasteiger partial charge is 0.491 e. The SMILES string of the molecule is O=C=Nc1ccccc1OCCCc1ccccc1. The highest BCUT2D eigenvalue weighted by Crippen LogP contribution is 2.26. The highest BCUT2D eigenvalue weighted by Gasteiger charge is 2.01. The van der Waals surface area contributed by atoms with Crippen molar-refractivity contribution in [2.75, 3.05) is 6.61 Å². The van der Waals surface area contributed by atoms with Gasteiger partial charge in [-0.2, -0.15) is 4.99 Å². The normalized spacial score (nSPS) is 9.68. The van der Waals surface area contributed by atoms with Crippen molar-refractivity contribution >= 4 is 11.8 Å². The van der Waals surface area contributed by atoms with E-state index in [4.69, 9.17) is 4.74 Å². The second-order valence-corrected chi connectivity index (χ2v) is 4.11. The number of aryl methyl sites for hydroxylation is 1. The van der Waals surface area contributed by atoms with Crippen molar-refractivity contribution in [2.45, 2.75) is 12.8 Å². The maximum Gasteiger partial charge on any atom is 0.240 e. The number of nitrogens with zero attached hydrogens (tertiary/aromatic N) is 1. The number of benzene rings is 2. The van der Waals surface area contributed by atoms with Crippen LogP contribution in [0.2, 0.25) is 0 Å². The Morgan fingerprint density at radius 2 is 1.74 bits per heavy atom. The summed E-state index contributed by atoms with van der Waals surface area (Å²) in [6.07, 6.45) is 3.43. The van der Waals surface area contributed by atoms with E-state index < -0.39 is 0 Å². The Kier molecular flexibility index (Phi) is 4.91. The van der Waals surface area contributed by atoms with E-state index in [1.807, 2.05) is 30.3 Å². The highest BCUT2D eigenvalue weighted by atomic mass is 16.5. The standard InChI is InChI=1S/C16H15NO2/c18-13-17-15-10-4-5-11-16(15)19-12-6-9-14-7-2-1-3-8-14/h1-5,7-8,10-11H,6,9,12H2. The molecular weight excluding hydrogens is 238 g/mol. The van der Waals surface area contributed by atoms with E-state index >= 15 is 0 Å². The first-order valence-corrected chi connectivity index (χ1v) is 6.24. The van der Waals surface area contributed by atoms with Crippen molar-refractivity contribution in [3.05, 3.63) is 60.2 Å². The Morgan fingerprint density at radius 3 is 2.53 bits per heavy atom. The van der Waals surface area contributed by atoms with Crippen LogP contribution in [0.1, 0.15) is 12.0 Å². The minimum Gasteiger partial charge on any atom is -0.491 e. The molecule has 0 unspecified atom stereocenters. The molecule has 0 N–H and O–H groups in total. The minimum absolute atomic E-state index is 0.525. The second-order valence-electron chi connectivity index (χ2n) is 4.11. The van der Waals surface area contributed by atoms with Crippen LogP contribution >= 0.6 is 0 Å². The van der Waals surface area contributed by atoms with E-state index in [1.165, 1.54) is 11.6 Å². The fourth-order valence-corrected chi connectivity index (χ4v) is 1.82. The molecule has 0 aromatic heterocycles. The molecule has 2 rings (SSSR count). The lowest BCUT2D eigenvalue weighted by Crippen LogP contribution is -1.99. The van der Waals surface area contributed by atoms with Gasteiger partial charge in [-0.1, -0.05) is 42.5 Å². The van der Waals surface area contributed by atoms with E-state index in [-0.39, 0.29) is 0 Å². The van der Waals surface area contributed by atoms with Gasteiger partial charge in [0.05, 0.1) is 6.61 Å². The van der Waals surface area contributed by atoms with Crippen molar-refractivity contribution in [3.63, 3.8) is 0 Å². The highest BCUT2D eigenvalue weighted by molar-refractivity contribution is 5.57. The van der Waals surface area contributed by atoms with Gasteiger partial charge in [-0.05, 0) is 30.5 Å². The quantitative estimate of drug-likeness (QED) is 0.447. The number of ether oxygens (including phenoxy) is 1. The molecule has 0 spiro atoms. The molecule has 0 amide bonds. The predicted octanol–water partition coefficient (Wildman–Crippen LogP) is 3.67. The molecule has 3 heteroatoms. The van der Waals surface area contributed by atoms with Gasteiger partial charge in [0.15, 0.2) is 0 Å². The number of para-hydroxylation sites is 2. The van der Waals surface area contributed by atoms with Gasteiger partial charge >= 0.3 is 0 Å². The summed E-state index contributed by atoms with van der Waals surface area (Å²) < 4.78 is 5.64. The number of carbonyl (C=O) groups excluding carboxylic acids is 1. The fraction of sp³-hybridized carbons (Fsp3) is 0.188. The van der Waals surface area contributed by atoms with E-state index in [2.05, 4.69) is 17.1 Å². The molecule has 96 valence electrons. The van der Waals surface area contributed by atoms with Crippen molar-refractivity contribution in [1.82, 2.24) is 0 Å². The van der Waals surface area contributed by atoms with E-state index in [0.717, 1.165) is 12.8 Å². The minimum atomic E-state index is 0.525. The molecule has 0 atom stereocenters. The number of rotatable bonds is 6. The average molecular weight is 253 g/mol. The van der Waals surface area contributed by atoms with Crippen LogP contribution in [0.4, 0.5) is 5.69 Å². The number of hydrogen-bond acceptors (Lipinski definition) is 3. The zero-order chi connectivity index (χ0) is 13.3. The monoisotopic (exact) mass is 253 g/mol. The van der Waals surface area contributed by atoms with E-state index in [1.54, 1.807) is 12.1 Å². The lowest BCUT2D eigenvalue weighted by molar-refractivity contribution is 0.312. The summed E-state index contributed by atoms with van der Waals surface area (Å²) in [5.41, 5.74) is 1.82. The molecule has 0 aliphatic heterocycles. The van der Waals surface area contributed by atoms with Crippen molar-refractivity contribution in [3.8, 4) is 5.75 Å². The van der Waals surface area contributed by atoms with Gasteiger partial charge < -0.3 is 4.74 Å². The Labute approximate surface area is 112 Å². The van der Waals surface area contributed by atoms with Crippen LogP contribution in [0.5, 0.6) is 5.75 Å². The lowest BCUT2D eigenvalue weighted by Gasteiger charge is -2.07. The predicted molar refractivity (Wildman–Crippen MR) is 74.5 cm³/mol. The Balaban J connectivity index is 1.84. The molecule has 0 radical (unpaired) electrons. The number of aliphatic imine (C=N–C) groups is 1. The van der Waals surface area contributed by atoms with E-state index in [0.29, 0.717) is 18.0 Å². The molecule has 0 heterocycles. The van der Waals surface area contributed by atoms with Crippen LogP contribution in [0, 0.1) is 0 Å². The molecule has 0 bridgehead atoms. The van der Waals surface area contributed by atoms with Gasteiger partial charge in [0.25, 0.3) is 0 Å². The van der Waals surface area contributed by atoms with Crippen LogP contribution in [0.25, 0.3) is 0 Å². The van der Waals surface area contributed by atoms with Crippen molar-refractivity contribution in [2.24, 2.45) is 4.99 Å². The first-order chi connectivity index (χ1) is 9.40. The summed E-state index contributed by atoms with van der Waals surface area (Å²) in [5, 5.41) is 0. The third kappa shape index (κ3) is 4.09. The summed E-state index contributed by atoms with van der Waals surface area (Å²) in [6.45, 7) is 0.598. The molecule has 19 heavy (non-hydrogen) atoms. The van der Waals surface area contributed by atoms with Gasteiger partial charge in [-0.3, -0.25) is 0 Å². The van der Waals surface area contributed by atoms with Gasteiger partial charge in [0, 0.05) is 0 Å². The van der Waals surface area contributed by atoms with Gasteiger partial charge in [0.1, 0.15) is 11.4 Å². The Bertz CT molecular complexity index is 560. The van der Waals surface area contributed by atoms with Crippen molar-refractivity contribution < 1.29 is 9.53 Å². The third-order valence-electron chi connectivity index (χ3n) is 2.74. The number of hydrogen-bond donors (Lipinski definition) is 0. The molecule has 0 aliphatic rings. The maximum atomic E-state index is 10.3. The van der Waals surface area contributed by atoms with Crippen LogP contribution in [-0.2, 0) is 11.2 Å². The molecule has 3 nitrogen and oxygen atoms in total. The molecule has 0 aliphatic carbocycles. The third-order valence-corrected chi connectivity index (χ3v) is 2.74. The molecule has 0 saturated carbocycles. The summed E-state index contributed by atoms with van der Waals surface area (Å²) in [7, 11) is 0. The summed E-state index contributed by atoms with van der Waals surface area (Å²) in [6, 6.07) is 17.5. The van der Waals surface area contributed by atoms with Gasteiger partial charge in [-0.25, -0.2) is 4.79 Å². The van der Waals surface area contributed by atoms with Gasteiger partial charge in [0.2, 0.25) is 6.08 Å². The summed E-state index contributed by atoms with van der Waals surface area (Å²) in [4.78, 5) is 13.9. The zero-order valence-electron chi connectivity index (χ0n) is 10.6. The Hall–Kier alpha value is -2.38. The zero-order valence-corrected chi connectivity index (χ0v) is 10.6. The first-order valence-electron chi connectivity index (χ1n) is 6.24. The molecule has 0 saturated heterocycles. The summed E-state index contributed by atoms with van der Waals surface area (Å²) >= 11 is 0. The molecule has 2 aromatic carbocycles. The van der Waals surface area contributed by atoms with Crippen LogP contribution in [0.3, 0.4) is 0 Å². The second kappa shape index (κ2) is 7.14. The number of isocyanates is 1. The Morgan fingerprint density at radius 1 is 1.00 bits per heavy atom. The topological polar surface area (TPSA) is 38.7 Å². The maximum absolute atomic E-state index is 10.3. The van der Waals surface area contributed by atoms with Crippen LogP contribution < -0.4 is 4.74 Å². The van der Waals surface area contributed by atoms with Gasteiger partial charge in [-0.15, -0.1) is 0 Å².